The molecular weight excluding hydrogens is 310 g/mol. The molecule has 1 amide bonds. The Morgan fingerprint density at radius 1 is 1.39 bits per heavy atom. The number of amides is 1. The molecule has 1 aromatic carbocycles. The van der Waals surface area contributed by atoms with Crippen LogP contribution in [0.2, 0.25) is 0 Å². The van der Waals surface area contributed by atoms with E-state index in [9.17, 15) is 13.6 Å². The van der Waals surface area contributed by atoms with Crippen LogP contribution in [-0.2, 0) is 4.74 Å². The number of benzene rings is 1. The number of nitrogens with zero attached hydrogens (tertiary/aromatic N) is 3. The van der Waals surface area contributed by atoms with Crippen LogP contribution < -0.4 is 5.32 Å². The molecule has 2 N–H and O–H groups in total. The minimum absolute atomic E-state index is 0.212. The van der Waals surface area contributed by atoms with E-state index in [1.165, 1.54) is 11.1 Å². The van der Waals surface area contributed by atoms with Crippen molar-refractivity contribution in [1.82, 2.24) is 14.9 Å². The third kappa shape index (κ3) is 3.29. The lowest BCUT2D eigenvalue weighted by molar-refractivity contribution is 0.00443. The highest BCUT2D eigenvalue weighted by molar-refractivity contribution is 5.75. The Morgan fingerprint density at radius 3 is 2.87 bits per heavy atom. The number of ether oxygens (including phenoxy) is 1. The smallest absolute Gasteiger partial charge is 0.407 e. The lowest BCUT2D eigenvalue weighted by Crippen LogP contribution is -2.51. The lowest BCUT2D eigenvalue weighted by atomic mass is 10.2. The first-order valence-corrected chi connectivity index (χ1v) is 6.97. The number of morpholine rings is 1. The van der Waals surface area contributed by atoms with Crippen LogP contribution in [0.1, 0.15) is 0 Å². The van der Waals surface area contributed by atoms with E-state index in [4.69, 9.17) is 9.84 Å². The fraction of sp³-hybridized carbons (Fsp3) is 0.357. The van der Waals surface area contributed by atoms with Gasteiger partial charge in [0.15, 0.2) is 11.6 Å². The van der Waals surface area contributed by atoms with E-state index in [1.54, 1.807) is 0 Å². The minimum atomic E-state index is -1.01. The number of hydrogen-bond donors (Lipinski definition) is 2. The van der Waals surface area contributed by atoms with Crippen LogP contribution in [0.5, 0.6) is 0 Å². The monoisotopic (exact) mass is 324 g/mol. The van der Waals surface area contributed by atoms with E-state index >= 15 is 0 Å². The molecule has 2 heterocycles. The molecule has 0 radical (unpaired) electrons. The van der Waals surface area contributed by atoms with Crippen molar-refractivity contribution in [2.75, 3.05) is 31.6 Å². The summed E-state index contributed by atoms with van der Waals surface area (Å²) >= 11 is 0. The number of halogens is 2. The molecular formula is C14H14F2N4O3. The summed E-state index contributed by atoms with van der Waals surface area (Å²) in [5.74, 6) is -1.63. The average Bonchev–Trinajstić information content (AvgIpc) is 2.54. The Balaban J connectivity index is 1.73. The third-order valence-corrected chi connectivity index (χ3v) is 3.58. The largest absolute Gasteiger partial charge is 0.465 e. The number of aromatic nitrogens is 2. The Hall–Kier alpha value is -2.55. The molecule has 1 aliphatic heterocycles. The summed E-state index contributed by atoms with van der Waals surface area (Å²) in [6.07, 6.45) is 0.372. The maximum atomic E-state index is 13.2. The van der Waals surface area contributed by atoms with Crippen LogP contribution in [0.25, 0.3) is 11.0 Å². The van der Waals surface area contributed by atoms with E-state index in [0.29, 0.717) is 19.0 Å². The number of fused-ring (bicyclic) bond motifs is 1. The van der Waals surface area contributed by atoms with Crippen molar-refractivity contribution in [3.8, 4) is 0 Å². The van der Waals surface area contributed by atoms with Crippen LogP contribution in [-0.4, -0.2) is 58.4 Å². The molecule has 0 aliphatic carbocycles. The van der Waals surface area contributed by atoms with Crippen molar-refractivity contribution in [2.24, 2.45) is 0 Å². The first-order chi connectivity index (χ1) is 11.0. The fourth-order valence-electron chi connectivity index (χ4n) is 2.39. The number of anilines is 1. The summed E-state index contributed by atoms with van der Waals surface area (Å²) in [7, 11) is 0. The molecule has 122 valence electrons. The van der Waals surface area contributed by atoms with Gasteiger partial charge in [0.2, 0.25) is 0 Å². The lowest BCUT2D eigenvalue weighted by Gasteiger charge is -2.33. The summed E-state index contributed by atoms with van der Waals surface area (Å²) in [5.41, 5.74) is 0.450. The zero-order valence-corrected chi connectivity index (χ0v) is 12.0. The van der Waals surface area contributed by atoms with Gasteiger partial charge in [0.05, 0.1) is 36.5 Å². The van der Waals surface area contributed by atoms with Gasteiger partial charge in [0, 0.05) is 25.2 Å². The molecule has 1 saturated heterocycles. The van der Waals surface area contributed by atoms with Crippen LogP contribution >= 0.6 is 0 Å². The molecule has 3 rings (SSSR count). The molecule has 7 nitrogen and oxygen atoms in total. The predicted molar refractivity (Wildman–Crippen MR) is 77.3 cm³/mol. The van der Waals surface area contributed by atoms with Crippen LogP contribution in [0, 0.1) is 11.6 Å². The fourth-order valence-corrected chi connectivity index (χ4v) is 2.39. The van der Waals surface area contributed by atoms with Crippen molar-refractivity contribution < 1.29 is 23.4 Å². The highest BCUT2D eigenvalue weighted by atomic mass is 19.2. The van der Waals surface area contributed by atoms with Crippen LogP contribution in [0.3, 0.4) is 0 Å². The van der Waals surface area contributed by atoms with Gasteiger partial charge in [-0.05, 0) is 0 Å². The van der Waals surface area contributed by atoms with E-state index < -0.39 is 17.7 Å². The van der Waals surface area contributed by atoms with Gasteiger partial charge in [-0.3, -0.25) is 9.88 Å². The Kier molecular flexibility index (Phi) is 4.20. The Morgan fingerprint density at radius 2 is 2.13 bits per heavy atom. The molecule has 1 aromatic heterocycles. The molecule has 1 aliphatic rings. The van der Waals surface area contributed by atoms with Crippen molar-refractivity contribution in [2.45, 2.75) is 6.04 Å². The predicted octanol–water partition coefficient (Wildman–Crippen LogP) is 1.70. The van der Waals surface area contributed by atoms with Crippen molar-refractivity contribution in [3.05, 3.63) is 30.0 Å². The highest BCUT2D eigenvalue weighted by Crippen LogP contribution is 2.17. The first-order valence-electron chi connectivity index (χ1n) is 6.97. The van der Waals surface area contributed by atoms with E-state index in [2.05, 4.69) is 15.3 Å². The first kappa shape index (κ1) is 15.3. The number of hydrogen-bond acceptors (Lipinski definition) is 5. The van der Waals surface area contributed by atoms with Crippen molar-refractivity contribution in [1.29, 1.82) is 0 Å². The second-order valence-electron chi connectivity index (χ2n) is 5.10. The normalized spacial score (nSPS) is 18.2. The molecule has 1 fully saturated rings. The summed E-state index contributed by atoms with van der Waals surface area (Å²) in [4.78, 5) is 20.6. The standard InChI is InChI=1S/C14H14F2N4O3/c15-9-3-11-12(4-10(9)16)19-13(6-17-11)18-5-8-7-23-2-1-20(8)14(21)22/h3-4,6,8H,1-2,5,7H2,(H,18,19)(H,21,22)/t8-/m0/s1. The van der Waals surface area contributed by atoms with Crippen molar-refractivity contribution >= 4 is 22.9 Å². The topological polar surface area (TPSA) is 87.6 Å². The van der Waals surface area contributed by atoms with Crippen LogP contribution in [0.15, 0.2) is 18.3 Å². The average molecular weight is 324 g/mol. The van der Waals surface area contributed by atoms with Gasteiger partial charge in [-0.25, -0.2) is 18.6 Å². The maximum absolute atomic E-state index is 13.2. The highest BCUT2D eigenvalue weighted by Gasteiger charge is 2.26. The van der Waals surface area contributed by atoms with Gasteiger partial charge >= 0.3 is 6.09 Å². The number of carbonyl (C=O) groups is 1. The third-order valence-electron chi connectivity index (χ3n) is 3.58. The zero-order chi connectivity index (χ0) is 16.4. The van der Waals surface area contributed by atoms with Gasteiger partial charge in [-0.15, -0.1) is 0 Å². The molecule has 9 heteroatoms. The summed E-state index contributed by atoms with van der Waals surface area (Å²) in [6.45, 7) is 1.22. The molecule has 0 spiro atoms. The number of nitrogens with one attached hydrogen (secondary N) is 1. The van der Waals surface area contributed by atoms with Gasteiger partial charge in [-0.2, -0.15) is 0 Å². The molecule has 0 unspecified atom stereocenters. The number of rotatable bonds is 3. The van der Waals surface area contributed by atoms with Crippen LogP contribution in [0.4, 0.5) is 19.4 Å². The Bertz CT molecular complexity index is 743. The quantitative estimate of drug-likeness (QED) is 0.893. The van der Waals surface area contributed by atoms with Gasteiger partial charge < -0.3 is 15.2 Å². The van der Waals surface area contributed by atoms with E-state index in [1.807, 2.05) is 0 Å². The second-order valence-corrected chi connectivity index (χ2v) is 5.10. The molecule has 1 atom stereocenters. The zero-order valence-electron chi connectivity index (χ0n) is 12.0. The van der Waals surface area contributed by atoms with Gasteiger partial charge in [0.25, 0.3) is 0 Å². The molecule has 0 saturated carbocycles. The molecule has 0 bridgehead atoms. The van der Waals surface area contributed by atoms with Gasteiger partial charge in [0.1, 0.15) is 5.82 Å². The Labute approximate surface area is 129 Å². The number of carboxylic acid groups (broad SMARTS) is 1. The molecule has 23 heavy (non-hydrogen) atoms. The summed E-state index contributed by atoms with van der Waals surface area (Å²) < 4.78 is 31.6. The molecule has 2 aromatic rings. The summed E-state index contributed by atoms with van der Waals surface area (Å²) in [5, 5.41) is 12.1. The second kappa shape index (κ2) is 6.29. The summed E-state index contributed by atoms with van der Waals surface area (Å²) in [6, 6.07) is 1.59. The minimum Gasteiger partial charge on any atom is -0.465 e. The van der Waals surface area contributed by atoms with E-state index in [-0.39, 0.29) is 30.2 Å². The van der Waals surface area contributed by atoms with Crippen molar-refractivity contribution in [3.63, 3.8) is 0 Å². The van der Waals surface area contributed by atoms with E-state index in [0.717, 1.165) is 12.1 Å². The maximum Gasteiger partial charge on any atom is 0.407 e. The van der Waals surface area contributed by atoms with Gasteiger partial charge in [-0.1, -0.05) is 0 Å². The SMILES string of the molecule is O=C(O)N1CCOC[C@@H]1CNc1cnc2cc(F)c(F)cc2n1.